The van der Waals surface area contributed by atoms with Crippen molar-refractivity contribution in [3.63, 3.8) is 0 Å². The van der Waals surface area contributed by atoms with E-state index in [2.05, 4.69) is 32.9 Å². The van der Waals surface area contributed by atoms with Gasteiger partial charge in [-0.25, -0.2) is 0 Å². The Hall–Kier alpha value is -1.19. The van der Waals surface area contributed by atoms with E-state index in [4.69, 9.17) is 33.5 Å². The maximum Gasteiger partial charge on any atom is 0.230 e. The van der Waals surface area contributed by atoms with Crippen LogP contribution < -0.4 is 5.73 Å². The minimum Gasteiger partial charge on any atom is -0.367 e. The van der Waals surface area contributed by atoms with E-state index in [0.717, 1.165) is 16.8 Å². The highest BCUT2D eigenvalue weighted by Crippen LogP contribution is 2.74. The number of hydrogen-bond acceptors (Lipinski definition) is 3. The number of nitrogens with two attached hydrogens (primary N) is 1. The Bertz CT molecular complexity index is 705. The van der Waals surface area contributed by atoms with E-state index in [-0.39, 0.29) is 16.7 Å². The van der Waals surface area contributed by atoms with Gasteiger partial charge in [-0.15, -0.1) is 0 Å². The summed E-state index contributed by atoms with van der Waals surface area (Å²) in [6.45, 7) is 8.93. The van der Waals surface area contributed by atoms with Gasteiger partial charge < -0.3 is 10.3 Å². The molecule has 21 heavy (non-hydrogen) atoms. The summed E-state index contributed by atoms with van der Waals surface area (Å²) >= 11 is 12.3. The van der Waals surface area contributed by atoms with Gasteiger partial charge in [-0.1, -0.05) is 62.1 Å². The molecule has 3 nitrogen and oxygen atoms in total. The summed E-state index contributed by atoms with van der Waals surface area (Å²) in [5.74, 6) is 0.584. The summed E-state index contributed by atoms with van der Waals surface area (Å²) in [5, 5.41) is 5.36. The molecule has 0 aliphatic heterocycles. The Morgan fingerprint density at radius 3 is 2.29 bits per heavy atom. The van der Waals surface area contributed by atoms with Crippen molar-refractivity contribution in [3.05, 3.63) is 33.9 Å². The first kappa shape index (κ1) is 14.7. The Balaban J connectivity index is 2.15. The van der Waals surface area contributed by atoms with Crippen LogP contribution in [-0.2, 0) is 0 Å². The van der Waals surface area contributed by atoms with Crippen molar-refractivity contribution in [3.8, 4) is 11.1 Å². The van der Waals surface area contributed by atoms with Crippen LogP contribution in [0, 0.1) is 10.8 Å². The zero-order chi connectivity index (χ0) is 15.6. The molecule has 0 atom stereocenters. The van der Waals surface area contributed by atoms with Crippen molar-refractivity contribution < 1.29 is 4.52 Å². The molecule has 1 heterocycles. The Kier molecular flexibility index (Phi) is 3.09. The molecule has 112 valence electrons. The minimum absolute atomic E-state index is 0.143. The number of aromatic nitrogens is 1. The first-order valence-corrected chi connectivity index (χ1v) is 7.64. The lowest BCUT2D eigenvalue weighted by Gasteiger charge is -2.06. The molecule has 2 aromatic rings. The smallest absolute Gasteiger partial charge is 0.230 e. The highest BCUT2D eigenvalue weighted by molar-refractivity contribution is 6.36. The van der Waals surface area contributed by atoms with Gasteiger partial charge in [0.25, 0.3) is 0 Å². The summed E-state index contributed by atoms with van der Waals surface area (Å²) in [6, 6.07) is 5.36. The largest absolute Gasteiger partial charge is 0.367 e. The van der Waals surface area contributed by atoms with Crippen LogP contribution in [0.2, 0.25) is 10.0 Å². The van der Waals surface area contributed by atoms with Gasteiger partial charge in [0, 0.05) is 16.5 Å². The molecule has 1 aliphatic rings. The van der Waals surface area contributed by atoms with E-state index in [1.807, 2.05) is 6.07 Å². The van der Waals surface area contributed by atoms with Gasteiger partial charge in [0.1, 0.15) is 0 Å². The fraction of sp³-hybridized carbons (Fsp3) is 0.438. The van der Waals surface area contributed by atoms with Crippen LogP contribution in [0.5, 0.6) is 0 Å². The third kappa shape index (κ3) is 1.98. The number of rotatable bonds is 2. The van der Waals surface area contributed by atoms with Crippen molar-refractivity contribution in [1.82, 2.24) is 5.16 Å². The van der Waals surface area contributed by atoms with Crippen molar-refractivity contribution in [2.24, 2.45) is 10.8 Å². The zero-order valence-corrected chi connectivity index (χ0v) is 14.0. The van der Waals surface area contributed by atoms with Crippen LogP contribution in [0.25, 0.3) is 11.1 Å². The number of nitrogen functional groups attached to an aromatic ring is 1. The molecule has 1 saturated carbocycles. The second-order valence-electron chi connectivity index (χ2n) is 6.81. The Morgan fingerprint density at radius 1 is 1.14 bits per heavy atom. The van der Waals surface area contributed by atoms with Crippen LogP contribution in [0.3, 0.4) is 0 Å². The lowest BCUT2D eigenvalue weighted by Crippen LogP contribution is -1.95. The van der Waals surface area contributed by atoms with Crippen molar-refractivity contribution in [1.29, 1.82) is 0 Å². The number of benzene rings is 1. The molecular formula is C16H18Cl2N2O. The molecule has 0 amide bonds. The Labute approximate surface area is 134 Å². The van der Waals surface area contributed by atoms with E-state index in [9.17, 15) is 0 Å². The Morgan fingerprint density at radius 2 is 1.76 bits per heavy atom. The van der Waals surface area contributed by atoms with Crippen LogP contribution in [-0.4, -0.2) is 5.16 Å². The summed E-state index contributed by atoms with van der Waals surface area (Å²) in [5.41, 5.74) is 8.77. The van der Waals surface area contributed by atoms with E-state index in [0.29, 0.717) is 15.9 Å². The monoisotopic (exact) mass is 324 g/mol. The first-order chi connectivity index (χ1) is 9.68. The average Bonchev–Trinajstić information content (AvgIpc) is 2.65. The van der Waals surface area contributed by atoms with Crippen LogP contribution in [0.4, 0.5) is 5.88 Å². The highest BCUT2D eigenvalue weighted by Gasteiger charge is 2.67. The van der Waals surface area contributed by atoms with E-state index in [1.165, 1.54) is 0 Å². The third-order valence-electron chi connectivity index (χ3n) is 5.24. The number of nitrogens with zero attached hydrogens (tertiary/aromatic N) is 1. The van der Waals surface area contributed by atoms with Crippen LogP contribution >= 0.6 is 23.2 Å². The first-order valence-electron chi connectivity index (χ1n) is 6.88. The second-order valence-corrected chi connectivity index (χ2v) is 7.65. The minimum atomic E-state index is 0.143. The SMILES string of the molecule is CC1(C)C(c2noc(N)c2-c2ccc(Cl)cc2Cl)C1(C)C. The van der Waals surface area contributed by atoms with E-state index >= 15 is 0 Å². The fourth-order valence-electron chi connectivity index (χ4n) is 3.36. The van der Waals surface area contributed by atoms with Gasteiger partial charge in [-0.2, -0.15) is 0 Å². The third-order valence-corrected chi connectivity index (χ3v) is 5.79. The molecule has 1 fully saturated rings. The molecule has 0 bridgehead atoms. The standard InChI is InChI=1S/C16H18Cl2N2O/c1-15(2)13(16(15,3)4)12-11(14(19)21-20-12)9-6-5-8(17)7-10(9)18/h5-7,13H,19H2,1-4H3. The van der Waals surface area contributed by atoms with Gasteiger partial charge in [0.15, 0.2) is 0 Å². The maximum absolute atomic E-state index is 6.32. The normalized spacial score (nSPS) is 19.7. The molecule has 2 N–H and O–H groups in total. The summed E-state index contributed by atoms with van der Waals surface area (Å²) in [7, 11) is 0. The van der Waals surface area contributed by atoms with Crippen molar-refractivity contribution >= 4 is 29.1 Å². The van der Waals surface area contributed by atoms with Crippen molar-refractivity contribution in [2.75, 3.05) is 5.73 Å². The summed E-state index contributed by atoms with van der Waals surface area (Å²) in [4.78, 5) is 0. The van der Waals surface area contributed by atoms with E-state index < -0.39 is 0 Å². The molecule has 1 aromatic heterocycles. The zero-order valence-electron chi connectivity index (χ0n) is 12.5. The summed E-state index contributed by atoms with van der Waals surface area (Å²) in [6.07, 6.45) is 0. The predicted octanol–water partition coefficient (Wildman–Crippen LogP) is 5.38. The van der Waals surface area contributed by atoms with Gasteiger partial charge in [0.05, 0.1) is 16.3 Å². The summed E-state index contributed by atoms with van der Waals surface area (Å²) < 4.78 is 5.26. The van der Waals surface area contributed by atoms with Gasteiger partial charge in [-0.05, 0) is 23.0 Å². The van der Waals surface area contributed by atoms with Crippen molar-refractivity contribution in [2.45, 2.75) is 33.6 Å². The molecule has 0 saturated heterocycles. The molecule has 3 rings (SSSR count). The molecule has 0 unspecified atom stereocenters. The van der Waals surface area contributed by atoms with Crippen LogP contribution in [0.1, 0.15) is 39.3 Å². The molecule has 5 heteroatoms. The molecule has 1 aromatic carbocycles. The second kappa shape index (κ2) is 4.40. The lowest BCUT2D eigenvalue weighted by molar-refractivity contribution is 0.423. The molecular weight excluding hydrogens is 307 g/mol. The topological polar surface area (TPSA) is 52.0 Å². The van der Waals surface area contributed by atoms with Gasteiger partial charge in [0.2, 0.25) is 5.88 Å². The predicted molar refractivity (Wildman–Crippen MR) is 86.7 cm³/mol. The van der Waals surface area contributed by atoms with Crippen LogP contribution in [0.15, 0.2) is 22.7 Å². The van der Waals surface area contributed by atoms with Gasteiger partial charge in [-0.3, -0.25) is 0 Å². The molecule has 0 radical (unpaired) electrons. The molecule has 0 spiro atoms. The molecule has 1 aliphatic carbocycles. The highest BCUT2D eigenvalue weighted by atomic mass is 35.5. The number of halogens is 2. The quantitative estimate of drug-likeness (QED) is 0.806. The fourth-order valence-corrected chi connectivity index (χ4v) is 3.86. The lowest BCUT2D eigenvalue weighted by atomic mass is 9.99. The number of hydrogen-bond donors (Lipinski definition) is 1. The average molecular weight is 325 g/mol. The van der Waals surface area contributed by atoms with Gasteiger partial charge >= 0.3 is 0 Å². The number of anilines is 1. The maximum atomic E-state index is 6.32. The van der Waals surface area contributed by atoms with E-state index in [1.54, 1.807) is 12.1 Å².